The lowest BCUT2D eigenvalue weighted by atomic mass is 10.1. The molecule has 1 aliphatic rings. The van der Waals surface area contributed by atoms with E-state index in [2.05, 4.69) is 38.4 Å². The molecular weight excluding hydrogens is 340 g/mol. The number of hydrogen-bond donors (Lipinski definition) is 2. The van der Waals surface area contributed by atoms with Gasteiger partial charge in [0.15, 0.2) is 11.8 Å². The molecule has 0 unspecified atom stereocenters. The fourth-order valence-corrected chi connectivity index (χ4v) is 3.38. The molecule has 2 aromatic rings. The zero-order chi connectivity index (χ0) is 18.9. The molecule has 7 heteroatoms. The number of guanidine groups is 1. The van der Waals surface area contributed by atoms with Crippen LogP contribution in [0, 0.1) is 0 Å². The topological polar surface area (TPSA) is 76.4 Å². The van der Waals surface area contributed by atoms with Crippen LogP contribution < -0.4 is 15.4 Å². The number of rotatable bonds is 7. The molecule has 2 heterocycles. The minimum absolute atomic E-state index is 0.539. The maximum Gasteiger partial charge on any atom is 0.191 e. The number of aliphatic imine (C=N–C) groups is 1. The lowest BCUT2D eigenvalue weighted by Crippen LogP contribution is -2.38. The zero-order valence-corrected chi connectivity index (χ0v) is 16.4. The molecule has 1 aliphatic heterocycles. The van der Waals surface area contributed by atoms with Gasteiger partial charge >= 0.3 is 0 Å². The summed E-state index contributed by atoms with van der Waals surface area (Å²) in [6.45, 7) is 5.21. The van der Waals surface area contributed by atoms with Gasteiger partial charge in [-0.1, -0.05) is 24.6 Å². The molecule has 0 saturated heterocycles. The number of hydrogen-bond acceptors (Lipinski definition) is 4. The van der Waals surface area contributed by atoms with Crippen molar-refractivity contribution >= 4 is 5.96 Å². The highest BCUT2D eigenvalue weighted by Gasteiger charge is 2.14. The van der Waals surface area contributed by atoms with Crippen molar-refractivity contribution in [2.24, 2.45) is 4.99 Å². The molecule has 0 aliphatic carbocycles. The predicted octanol–water partition coefficient (Wildman–Crippen LogP) is 2.31. The predicted molar refractivity (Wildman–Crippen MR) is 107 cm³/mol. The molecule has 0 atom stereocenters. The van der Waals surface area contributed by atoms with Crippen LogP contribution in [-0.4, -0.2) is 40.9 Å². The number of ether oxygens (including phenoxy) is 1. The smallest absolute Gasteiger partial charge is 0.191 e. The summed E-state index contributed by atoms with van der Waals surface area (Å²) in [7, 11) is 1.71. The molecule has 0 fully saturated rings. The summed E-state index contributed by atoms with van der Waals surface area (Å²) in [6, 6.07) is 8.11. The number of fused-ring (bicyclic) bond motifs is 1. The maximum absolute atomic E-state index is 5.42. The van der Waals surface area contributed by atoms with Crippen molar-refractivity contribution in [3.63, 3.8) is 0 Å². The maximum atomic E-state index is 5.42. The molecule has 1 aromatic heterocycles. The second kappa shape index (κ2) is 9.94. The van der Waals surface area contributed by atoms with Crippen LogP contribution in [0.15, 0.2) is 29.3 Å². The fourth-order valence-electron chi connectivity index (χ4n) is 3.38. The number of benzene rings is 1. The minimum Gasteiger partial charge on any atom is -0.496 e. The van der Waals surface area contributed by atoms with Gasteiger partial charge in [0, 0.05) is 26.1 Å². The van der Waals surface area contributed by atoms with E-state index < -0.39 is 0 Å². The molecule has 0 amide bonds. The van der Waals surface area contributed by atoms with E-state index in [1.54, 1.807) is 7.11 Å². The average Bonchev–Trinajstić information content (AvgIpc) is 2.92. The van der Waals surface area contributed by atoms with E-state index in [4.69, 9.17) is 9.73 Å². The molecule has 27 heavy (non-hydrogen) atoms. The average molecular weight is 371 g/mol. The summed E-state index contributed by atoms with van der Waals surface area (Å²) in [6.07, 6.45) is 5.55. The summed E-state index contributed by atoms with van der Waals surface area (Å²) in [5, 5.41) is 15.4. The van der Waals surface area contributed by atoms with Gasteiger partial charge in [0.2, 0.25) is 0 Å². The van der Waals surface area contributed by atoms with Gasteiger partial charge in [-0.25, -0.2) is 4.99 Å². The summed E-state index contributed by atoms with van der Waals surface area (Å²) in [4.78, 5) is 4.71. The Hall–Kier alpha value is -2.57. The van der Waals surface area contributed by atoms with Crippen molar-refractivity contribution in [1.29, 1.82) is 0 Å². The van der Waals surface area contributed by atoms with Crippen molar-refractivity contribution in [1.82, 2.24) is 25.4 Å². The van der Waals surface area contributed by atoms with Crippen LogP contribution in [0.1, 0.15) is 43.4 Å². The molecule has 0 bridgehead atoms. The van der Waals surface area contributed by atoms with E-state index in [9.17, 15) is 0 Å². The van der Waals surface area contributed by atoms with E-state index in [0.29, 0.717) is 6.54 Å². The molecule has 3 rings (SSSR count). The Morgan fingerprint density at radius 1 is 1.19 bits per heavy atom. The molecule has 0 saturated carbocycles. The third-order valence-electron chi connectivity index (χ3n) is 4.79. The quantitative estimate of drug-likeness (QED) is 0.578. The minimum atomic E-state index is 0.539. The van der Waals surface area contributed by atoms with Crippen molar-refractivity contribution < 1.29 is 4.74 Å². The van der Waals surface area contributed by atoms with Gasteiger partial charge in [0.1, 0.15) is 18.1 Å². The van der Waals surface area contributed by atoms with Gasteiger partial charge in [0.05, 0.1) is 7.11 Å². The Balaban J connectivity index is 1.59. The molecular formula is C20H30N6O. The third-order valence-corrected chi connectivity index (χ3v) is 4.79. The van der Waals surface area contributed by atoms with E-state index in [-0.39, 0.29) is 0 Å². The van der Waals surface area contributed by atoms with Gasteiger partial charge in [-0.05, 0) is 37.8 Å². The molecule has 1 aromatic carbocycles. The van der Waals surface area contributed by atoms with Crippen LogP contribution in [0.3, 0.4) is 0 Å². The molecule has 146 valence electrons. The molecule has 7 nitrogen and oxygen atoms in total. The van der Waals surface area contributed by atoms with Crippen LogP contribution in [0.25, 0.3) is 0 Å². The van der Waals surface area contributed by atoms with Crippen molar-refractivity contribution in [3.8, 4) is 5.75 Å². The van der Waals surface area contributed by atoms with Crippen LogP contribution in [0.5, 0.6) is 5.75 Å². The second-order valence-corrected chi connectivity index (χ2v) is 6.68. The highest BCUT2D eigenvalue weighted by molar-refractivity contribution is 5.79. The van der Waals surface area contributed by atoms with E-state index in [1.807, 2.05) is 18.2 Å². The van der Waals surface area contributed by atoms with Gasteiger partial charge < -0.3 is 19.9 Å². The molecule has 0 radical (unpaired) electrons. The summed E-state index contributed by atoms with van der Waals surface area (Å²) in [5.74, 6) is 3.78. The van der Waals surface area contributed by atoms with Crippen LogP contribution in [0.2, 0.25) is 0 Å². The third kappa shape index (κ3) is 5.21. The highest BCUT2D eigenvalue weighted by atomic mass is 16.5. The zero-order valence-electron chi connectivity index (χ0n) is 16.4. The lowest BCUT2D eigenvalue weighted by Gasteiger charge is -2.13. The van der Waals surface area contributed by atoms with Crippen LogP contribution >= 0.6 is 0 Å². The Kier molecular flexibility index (Phi) is 7.07. The van der Waals surface area contributed by atoms with Gasteiger partial charge in [-0.3, -0.25) is 0 Å². The van der Waals surface area contributed by atoms with E-state index in [0.717, 1.165) is 55.8 Å². The Bertz CT molecular complexity index is 755. The summed E-state index contributed by atoms with van der Waals surface area (Å²) in [5.41, 5.74) is 1.19. The normalized spacial score (nSPS) is 14.4. The van der Waals surface area contributed by atoms with Crippen molar-refractivity contribution in [3.05, 3.63) is 41.5 Å². The number of para-hydroxylation sites is 1. The first-order chi connectivity index (χ1) is 13.3. The lowest BCUT2D eigenvalue weighted by molar-refractivity contribution is 0.409. The van der Waals surface area contributed by atoms with Crippen LogP contribution in [0.4, 0.5) is 0 Å². The number of aromatic nitrogens is 3. The van der Waals surface area contributed by atoms with E-state index >= 15 is 0 Å². The Morgan fingerprint density at radius 2 is 2.07 bits per heavy atom. The number of nitrogens with zero attached hydrogens (tertiary/aromatic N) is 4. The summed E-state index contributed by atoms with van der Waals surface area (Å²) < 4.78 is 7.66. The first-order valence-corrected chi connectivity index (χ1v) is 9.87. The van der Waals surface area contributed by atoms with Gasteiger partial charge in [0.25, 0.3) is 0 Å². The Morgan fingerprint density at radius 3 is 2.93 bits per heavy atom. The first kappa shape index (κ1) is 19.2. The Labute approximate surface area is 161 Å². The fraction of sp³-hybridized carbons (Fsp3) is 0.550. The second-order valence-electron chi connectivity index (χ2n) is 6.68. The van der Waals surface area contributed by atoms with Gasteiger partial charge in [-0.15, -0.1) is 10.2 Å². The van der Waals surface area contributed by atoms with E-state index in [1.165, 1.54) is 24.8 Å². The number of aryl methyl sites for hydroxylation is 1. The van der Waals surface area contributed by atoms with Crippen LogP contribution in [-0.2, 0) is 25.9 Å². The highest BCUT2D eigenvalue weighted by Crippen LogP contribution is 2.17. The molecule has 0 spiro atoms. The summed E-state index contributed by atoms with van der Waals surface area (Å²) >= 11 is 0. The first-order valence-electron chi connectivity index (χ1n) is 9.87. The van der Waals surface area contributed by atoms with Crippen molar-refractivity contribution in [2.45, 2.75) is 52.1 Å². The molecule has 2 N–H and O–H groups in total. The monoisotopic (exact) mass is 370 g/mol. The van der Waals surface area contributed by atoms with Crippen molar-refractivity contribution in [2.75, 3.05) is 20.2 Å². The number of nitrogens with one attached hydrogen (secondary N) is 2. The van der Waals surface area contributed by atoms with Gasteiger partial charge in [-0.2, -0.15) is 0 Å². The largest absolute Gasteiger partial charge is 0.496 e. The SMILES string of the molecule is CCNC(=NCc1nnc2n1CCCCC2)NCCc1ccccc1OC. The number of methoxy groups -OCH3 is 1. The standard InChI is InChI=1S/C20H30N6O/c1-3-21-20(22-13-12-16-9-6-7-10-17(16)27-2)23-15-19-25-24-18-11-5-4-8-14-26(18)19/h6-7,9-10H,3-5,8,11-15H2,1-2H3,(H2,21,22,23).